The SMILES string of the molecule is O=C(N[C@H]1c2ccccc2C[C@H]1O)[C@H](Cc1ccc(OCCOC(=O)N2CCOCC2)cc1)C[C@H](O)CN1C(=O)[C@@H](Cc2ccccc2)C[C@@H]1Cc1ccccc1. The molecule has 7 rings (SSSR count). The molecule has 4 aromatic carbocycles. The van der Waals surface area contributed by atoms with Crippen LogP contribution in [-0.4, -0.2) is 102 Å². The number of amides is 3. The third kappa shape index (κ3) is 10.6. The van der Waals surface area contributed by atoms with Crippen LogP contribution in [0.5, 0.6) is 5.75 Å². The van der Waals surface area contributed by atoms with Crippen molar-refractivity contribution in [3.63, 3.8) is 0 Å². The Labute approximate surface area is 334 Å². The molecule has 0 bridgehead atoms. The van der Waals surface area contributed by atoms with Crippen LogP contribution in [0.25, 0.3) is 0 Å². The number of nitrogens with zero attached hydrogens (tertiary/aromatic N) is 2. The summed E-state index contributed by atoms with van der Waals surface area (Å²) in [7, 11) is 0. The summed E-state index contributed by atoms with van der Waals surface area (Å²) in [5.74, 6) is -0.509. The van der Waals surface area contributed by atoms with Gasteiger partial charge in [0.15, 0.2) is 0 Å². The van der Waals surface area contributed by atoms with Crippen molar-refractivity contribution in [3.8, 4) is 5.75 Å². The van der Waals surface area contributed by atoms with E-state index in [1.54, 1.807) is 4.90 Å². The van der Waals surface area contributed by atoms with Gasteiger partial charge in [-0.3, -0.25) is 9.59 Å². The molecule has 4 aromatic rings. The van der Waals surface area contributed by atoms with E-state index in [4.69, 9.17) is 14.2 Å². The van der Waals surface area contributed by atoms with Crippen molar-refractivity contribution in [1.82, 2.24) is 15.1 Å². The predicted octanol–water partition coefficient (Wildman–Crippen LogP) is 4.92. The van der Waals surface area contributed by atoms with Gasteiger partial charge in [-0.15, -0.1) is 0 Å². The highest BCUT2D eigenvalue weighted by molar-refractivity contribution is 5.82. The first kappa shape index (κ1) is 40.0. The molecule has 57 heavy (non-hydrogen) atoms. The summed E-state index contributed by atoms with van der Waals surface area (Å²) in [4.78, 5) is 43.9. The summed E-state index contributed by atoms with van der Waals surface area (Å²) >= 11 is 0. The summed E-state index contributed by atoms with van der Waals surface area (Å²) in [6.45, 7) is 2.41. The minimum atomic E-state index is -0.970. The standard InChI is InChI=1S/C46H53N3O8/c50-39(31-49-38(27-33-11-5-2-6-12-33)28-37(45(49)53)26-32-9-3-1-4-10-32)29-36(44(52)47-43-41-14-8-7-13-35(41)30-42(43)51)25-34-15-17-40(18-16-34)56-23-24-57-46(54)48-19-21-55-22-20-48/h1-18,36-39,42-43,50-51H,19-31H2,(H,47,52)/t36-,37+,38+,39+,42-,43+/m1/s1. The molecular weight excluding hydrogens is 723 g/mol. The van der Waals surface area contributed by atoms with Gasteiger partial charge in [0.1, 0.15) is 19.0 Å². The highest BCUT2D eigenvalue weighted by atomic mass is 16.6. The van der Waals surface area contributed by atoms with Crippen molar-refractivity contribution >= 4 is 17.9 Å². The number of benzene rings is 4. The number of aliphatic hydroxyl groups excluding tert-OH is 2. The molecule has 2 heterocycles. The summed E-state index contributed by atoms with van der Waals surface area (Å²) in [6, 6.07) is 34.6. The van der Waals surface area contributed by atoms with Crippen LogP contribution in [0.4, 0.5) is 4.79 Å². The number of carbonyl (C=O) groups excluding carboxylic acids is 3. The van der Waals surface area contributed by atoms with Gasteiger partial charge in [0, 0.05) is 43.9 Å². The molecule has 3 amide bonds. The number of rotatable bonds is 16. The lowest BCUT2D eigenvalue weighted by molar-refractivity contribution is -0.133. The molecule has 0 unspecified atom stereocenters. The zero-order valence-electron chi connectivity index (χ0n) is 32.3. The van der Waals surface area contributed by atoms with Gasteiger partial charge in [-0.1, -0.05) is 97.1 Å². The van der Waals surface area contributed by atoms with Gasteiger partial charge in [-0.2, -0.15) is 0 Å². The number of β-amino-alcohol motifs (C(OH)–C–C–N with tert-alkyl or cyclic N) is 1. The van der Waals surface area contributed by atoms with Crippen LogP contribution in [0.15, 0.2) is 109 Å². The second-order valence-electron chi connectivity index (χ2n) is 15.4. The van der Waals surface area contributed by atoms with E-state index in [2.05, 4.69) is 17.4 Å². The normalized spacial score (nSPS) is 21.5. The van der Waals surface area contributed by atoms with Crippen molar-refractivity contribution in [2.75, 3.05) is 46.1 Å². The lowest BCUT2D eigenvalue weighted by Gasteiger charge is -2.29. The van der Waals surface area contributed by atoms with Crippen LogP contribution in [0, 0.1) is 11.8 Å². The van der Waals surface area contributed by atoms with Crippen LogP contribution in [0.1, 0.15) is 46.7 Å². The molecule has 3 N–H and O–H groups in total. The van der Waals surface area contributed by atoms with E-state index in [9.17, 15) is 24.6 Å². The number of morpholine rings is 1. The van der Waals surface area contributed by atoms with Gasteiger partial charge >= 0.3 is 6.09 Å². The monoisotopic (exact) mass is 775 g/mol. The van der Waals surface area contributed by atoms with Crippen molar-refractivity contribution in [2.24, 2.45) is 11.8 Å². The fraction of sp³-hybridized carbons (Fsp3) is 0.413. The second-order valence-corrected chi connectivity index (χ2v) is 15.4. The van der Waals surface area contributed by atoms with Crippen LogP contribution >= 0.6 is 0 Å². The topological polar surface area (TPSA) is 138 Å². The fourth-order valence-electron chi connectivity index (χ4n) is 8.42. The van der Waals surface area contributed by atoms with E-state index in [0.717, 1.165) is 27.8 Å². The molecule has 11 heteroatoms. The lowest BCUT2D eigenvalue weighted by Crippen LogP contribution is -2.43. The van der Waals surface area contributed by atoms with Crippen molar-refractivity contribution in [2.45, 2.75) is 62.8 Å². The molecule has 0 radical (unpaired) electrons. The molecule has 3 aliphatic rings. The summed E-state index contributed by atoms with van der Waals surface area (Å²) in [6.07, 6.45) is 0.772. The van der Waals surface area contributed by atoms with Gasteiger partial charge in [-0.05, 0) is 72.1 Å². The predicted molar refractivity (Wildman–Crippen MR) is 214 cm³/mol. The number of ether oxygens (including phenoxy) is 3. The molecule has 2 fully saturated rings. The lowest BCUT2D eigenvalue weighted by atomic mass is 9.91. The third-order valence-corrected chi connectivity index (χ3v) is 11.4. The maximum Gasteiger partial charge on any atom is 0.410 e. The summed E-state index contributed by atoms with van der Waals surface area (Å²) < 4.78 is 16.5. The van der Waals surface area contributed by atoms with Gasteiger partial charge in [-0.25, -0.2) is 4.79 Å². The molecule has 0 aromatic heterocycles. The highest BCUT2D eigenvalue weighted by Gasteiger charge is 2.41. The van der Waals surface area contributed by atoms with Crippen LogP contribution in [0.3, 0.4) is 0 Å². The largest absolute Gasteiger partial charge is 0.490 e. The molecule has 2 aliphatic heterocycles. The van der Waals surface area contributed by atoms with Crippen LogP contribution < -0.4 is 10.1 Å². The van der Waals surface area contributed by atoms with Crippen molar-refractivity contribution in [3.05, 3.63) is 137 Å². The Morgan fingerprint density at radius 2 is 1.49 bits per heavy atom. The van der Waals surface area contributed by atoms with E-state index in [1.165, 1.54) is 0 Å². The Hall–Kier alpha value is -5.23. The Bertz CT molecular complexity index is 1920. The highest BCUT2D eigenvalue weighted by Crippen LogP contribution is 2.33. The van der Waals surface area contributed by atoms with Crippen molar-refractivity contribution < 1.29 is 38.8 Å². The molecule has 6 atom stereocenters. The van der Waals surface area contributed by atoms with Gasteiger partial charge < -0.3 is 39.5 Å². The molecule has 0 spiro atoms. The van der Waals surface area contributed by atoms with Crippen LogP contribution in [0.2, 0.25) is 0 Å². The molecular formula is C46H53N3O8. The number of aliphatic hydroxyl groups is 2. The van der Waals surface area contributed by atoms with E-state index >= 15 is 0 Å². The maximum absolute atomic E-state index is 14.2. The number of hydrogen-bond donors (Lipinski definition) is 3. The van der Waals surface area contributed by atoms with E-state index < -0.39 is 24.2 Å². The molecule has 2 saturated heterocycles. The maximum atomic E-state index is 14.2. The summed E-state index contributed by atoms with van der Waals surface area (Å²) in [5.41, 5.74) is 4.99. The molecule has 0 saturated carbocycles. The Balaban J connectivity index is 1.02. The zero-order valence-corrected chi connectivity index (χ0v) is 32.3. The van der Waals surface area contributed by atoms with Crippen LogP contribution in [-0.2, 0) is 44.7 Å². The number of fused-ring (bicyclic) bond motifs is 1. The number of carbonyl (C=O) groups is 3. The number of nitrogens with one attached hydrogen (secondary N) is 1. The average molecular weight is 776 g/mol. The zero-order chi connectivity index (χ0) is 39.6. The molecule has 1 aliphatic carbocycles. The quantitative estimate of drug-likeness (QED) is 0.137. The van der Waals surface area contributed by atoms with E-state index in [1.807, 2.05) is 102 Å². The Morgan fingerprint density at radius 1 is 0.825 bits per heavy atom. The van der Waals surface area contributed by atoms with E-state index in [0.29, 0.717) is 64.2 Å². The van der Waals surface area contributed by atoms with E-state index in [-0.39, 0.29) is 56.0 Å². The third-order valence-electron chi connectivity index (χ3n) is 11.4. The average Bonchev–Trinajstić information content (AvgIpc) is 3.70. The van der Waals surface area contributed by atoms with Gasteiger partial charge in [0.2, 0.25) is 11.8 Å². The second kappa shape index (κ2) is 19.3. The number of likely N-dealkylation sites (tertiary alicyclic amines) is 1. The molecule has 11 nitrogen and oxygen atoms in total. The minimum absolute atomic E-state index is 0.0250. The van der Waals surface area contributed by atoms with Gasteiger partial charge in [0.25, 0.3) is 0 Å². The Kier molecular flexibility index (Phi) is 13.5. The van der Waals surface area contributed by atoms with Crippen molar-refractivity contribution in [1.29, 1.82) is 0 Å². The smallest absolute Gasteiger partial charge is 0.410 e. The number of hydrogen-bond acceptors (Lipinski definition) is 8. The van der Waals surface area contributed by atoms with Gasteiger partial charge in [0.05, 0.1) is 31.5 Å². The molecule has 300 valence electrons. The Morgan fingerprint density at radius 3 is 2.21 bits per heavy atom. The minimum Gasteiger partial charge on any atom is -0.490 e. The first-order valence-electron chi connectivity index (χ1n) is 20.1. The first-order chi connectivity index (χ1) is 27.8. The summed E-state index contributed by atoms with van der Waals surface area (Å²) in [5, 5.41) is 25.8. The first-order valence-corrected chi connectivity index (χ1v) is 20.1. The fourth-order valence-corrected chi connectivity index (χ4v) is 8.42.